The van der Waals surface area contributed by atoms with Gasteiger partial charge in [0.1, 0.15) is 0 Å². The molecule has 1 aliphatic rings. The van der Waals surface area contributed by atoms with Crippen LogP contribution in [0.4, 0.5) is 0 Å². The molecule has 4 heteroatoms. The summed E-state index contributed by atoms with van der Waals surface area (Å²) in [6.07, 6.45) is 2.78. The van der Waals surface area contributed by atoms with Crippen LogP contribution in [0.15, 0.2) is 0 Å². The van der Waals surface area contributed by atoms with Crippen LogP contribution in [0.25, 0.3) is 0 Å². The van der Waals surface area contributed by atoms with Gasteiger partial charge in [0.15, 0.2) is 0 Å². The highest BCUT2D eigenvalue weighted by molar-refractivity contribution is 4.74. The molecule has 116 valence electrons. The van der Waals surface area contributed by atoms with Gasteiger partial charge in [0, 0.05) is 19.7 Å². The number of rotatable bonds is 11. The van der Waals surface area contributed by atoms with Gasteiger partial charge in [-0.05, 0) is 12.3 Å². The number of nitrogens with one attached hydrogen (secondary N) is 1. The normalized spacial score (nSPS) is 16.4. The molecule has 1 unspecified atom stereocenters. The predicted molar refractivity (Wildman–Crippen MR) is 79.7 cm³/mol. The molecule has 1 N–H and O–H groups in total. The van der Waals surface area contributed by atoms with Gasteiger partial charge in [0.25, 0.3) is 0 Å². The summed E-state index contributed by atoms with van der Waals surface area (Å²) in [5, 5.41) is 3.16. The van der Waals surface area contributed by atoms with E-state index in [9.17, 15) is 0 Å². The molecule has 0 radical (unpaired) electrons. The largest absolute Gasteiger partial charge is 0.379 e. The summed E-state index contributed by atoms with van der Waals surface area (Å²) in [7, 11) is 0. The molecule has 0 amide bonds. The molecule has 1 rings (SSSR count). The fraction of sp³-hybridized carbons (Fsp3) is 1.00. The van der Waals surface area contributed by atoms with Gasteiger partial charge in [-0.2, -0.15) is 0 Å². The number of hydrogen-bond acceptors (Lipinski definition) is 4. The molecule has 0 aliphatic carbocycles. The third-order valence-electron chi connectivity index (χ3n) is 3.15. The Morgan fingerprint density at radius 3 is 2.11 bits per heavy atom. The molecular weight excluding hydrogens is 242 g/mol. The quantitative estimate of drug-likeness (QED) is 0.588. The van der Waals surface area contributed by atoms with E-state index in [0.29, 0.717) is 32.5 Å². The van der Waals surface area contributed by atoms with E-state index in [0.717, 1.165) is 32.0 Å². The smallest absolute Gasteiger partial charge is 0.0824 e. The van der Waals surface area contributed by atoms with Crippen LogP contribution < -0.4 is 5.32 Å². The number of hydrogen-bond donors (Lipinski definition) is 1. The van der Waals surface area contributed by atoms with Crippen molar-refractivity contribution in [3.63, 3.8) is 0 Å². The highest BCUT2D eigenvalue weighted by Gasteiger charge is 2.16. The average Bonchev–Trinajstić information content (AvgIpc) is 2.40. The summed E-state index contributed by atoms with van der Waals surface area (Å²) < 4.78 is 16.4. The van der Waals surface area contributed by atoms with Gasteiger partial charge in [-0.25, -0.2) is 0 Å². The van der Waals surface area contributed by atoms with Crippen molar-refractivity contribution in [2.75, 3.05) is 46.1 Å². The van der Waals surface area contributed by atoms with Crippen molar-refractivity contribution in [3.05, 3.63) is 0 Å². The van der Waals surface area contributed by atoms with Gasteiger partial charge in [0.05, 0.1) is 32.5 Å². The minimum atomic E-state index is 0.408. The second-order valence-electron chi connectivity index (χ2n) is 4.68. The lowest BCUT2D eigenvalue weighted by atomic mass is 10.1. The first-order valence-electron chi connectivity index (χ1n) is 7.80. The maximum Gasteiger partial charge on any atom is 0.0824 e. The summed E-state index contributed by atoms with van der Waals surface area (Å²) in [5.41, 5.74) is 0. The Balaban J connectivity index is 0.00000154. The van der Waals surface area contributed by atoms with E-state index in [1.807, 2.05) is 13.8 Å². The van der Waals surface area contributed by atoms with E-state index in [1.165, 1.54) is 6.42 Å². The molecule has 1 fully saturated rings. The first-order chi connectivity index (χ1) is 9.33. The first kappa shape index (κ1) is 18.8. The Hall–Kier alpha value is -0.160. The van der Waals surface area contributed by atoms with Crippen LogP contribution in [0.5, 0.6) is 0 Å². The second-order valence-corrected chi connectivity index (χ2v) is 4.68. The molecular formula is C15H33NO3. The second kappa shape index (κ2) is 14.3. The Bertz CT molecular complexity index is 164. The van der Waals surface area contributed by atoms with Gasteiger partial charge >= 0.3 is 0 Å². The average molecular weight is 275 g/mol. The topological polar surface area (TPSA) is 39.7 Å². The molecule has 1 saturated heterocycles. The fourth-order valence-corrected chi connectivity index (χ4v) is 1.46. The molecule has 4 nitrogen and oxygen atoms in total. The summed E-state index contributed by atoms with van der Waals surface area (Å²) in [6, 6.07) is 0. The van der Waals surface area contributed by atoms with Crippen LogP contribution in [-0.4, -0.2) is 52.2 Å². The summed E-state index contributed by atoms with van der Waals surface area (Å²) in [5.74, 6) is 0.764. The van der Waals surface area contributed by atoms with Gasteiger partial charge in [-0.15, -0.1) is 0 Å². The summed E-state index contributed by atoms with van der Waals surface area (Å²) in [6.45, 7) is 14.0. The molecule has 0 aromatic carbocycles. The van der Waals surface area contributed by atoms with Crippen LogP contribution in [0.1, 0.15) is 40.5 Å². The first-order valence-corrected chi connectivity index (χ1v) is 7.80. The van der Waals surface area contributed by atoms with Crippen molar-refractivity contribution in [1.29, 1.82) is 0 Å². The molecule has 1 atom stereocenters. The lowest BCUT2D eigenvalue weighted by molar-refractivity contribution is -0.0275. The van der Waals surface area contributed by atoms with E-state index >= 15 is 0 Å². The Morgan fingerprint density at radius 1 is 1.00 bits per heavy atom. The van der Waals surface area contributed by atoms with Crippen LogP contribution in [0, 0.1) is 5.92 Å². The van der Waals surface area contributed by atoms with Crippen molar-refractivity contribution >= 4 is 0 Å². The Morgan fingerprint density at radius 2 is 1.58 bits per heavy atom. The standard InChI is InChI=1S/C13H27NO3.C2H6/c1-3-12(2)4-5-15-6-7-16-8-9-17-13-10-14-11-13;1-2/h12-14H,3-11H2,1-2H3;1-2H3. The van der Waals surface area contributed by atoms with E-state index in [1.54, 1.807) is 0 Å². The van der Waals surface area contributed by atoms with Crippen molar-refractivity contribution < 1.29 is 14.2 Å². The zero-order valence-corrected chi connectivity index (χ0v) is 13.2. The van der Waals surface area contributed by atoms with Crippen LogP contribution >= 0.6 is 0 Å². The SMILES string of the molecule is CC.CCC(C)CCOCCOCCOC1CNC1. The van der Waals surface area contributed by atoms with Gasteiger partial charge < -0.3 is 19.5 Å². The monoisotopic (exact) mass is 275 g/mol. The zero-order valence-electron chi connectivity index (χ0n) is 13.2. The van der Waals surface area contributed by atoms with E-state index in [-0.39, 0.29) is 0 Å². The molecule has 0 aromatic rings. The predicted octanol–water partition coefficient (Wildman–Crippen LogP) is 2.47. The maximum atomic E-state index is 5.52. The maximum absolute atomic E-state index is 5.52. The molecule has 19 heavy (non-hydrogen) atoms. The molecule has 0 saturated carbocycles. The molecule has 0 spiro atoms. The van der Waals surface area contributed by atoms with Crippen molar-refractivity contribution in [2.24, 2.45) is 5.92 Å². The lowest BCUT2D eigenvalue weighted by Crippen LogP contribution is -2.48. The van der Waals surface area contributed by atoms with Crippen LogP contribution in [0.3, 0.4) is 0 Å². The Kier molecular flexibility index (Phi) is 14.1. The summed E-state index contributed by atoms with van der Waals surface area (Å²) in [4.78, 5) is 0. The highest BCUT2D eigenvalue weighted by atomic mass is 16.5. The zero-order chi connectivity index (χ0) is 14.3. The van der Waals surface area contributed by atoms with Crippen molar-refractivity contribution in [2.45, 2.75) is 46.6 Å². The fourth-order valence-electron chi connectivity index (χ4n) is 1.46. The van der Waals surface area contributed by atoms with Gasteiger partial charge in [-0.3, -0.25) is 0 Å². The number of ether oxygens (including phenoxy) is 3. The molecule has 1 heterocycles. The third kappa shape index (κ3) is 11.4. The minimum Gasteiger partial charge on any atom is -0.379 e. The van der Waals surface area contributed by atoms with E-state index in [2.05, 4.69) is 19.2 Å². The molecule has 0 bridgehead atoms. The minimum absolute atomic E-state index is 0.408. The van der Waals surface area contributed by atoms with Gasteiger partial charge in [0.2, 0.25) is 0 Å². The highest BCUT2D eigenvalue weighted by Crippen LogP contribution is 2.05. The van der Waals surface area contributed by atoms with E-state index < -0.39 is 0 Å². The Labute approximate surface area is 119 Å². The van der Waals surface area contributed by atoms with Crippen LogP contribution in [0.2, 0.25) is 0 Å². The lowest BCUT2D eigenvalue weighted by Gasteiger charge is -2.26. The summed E-state index contributed by atoms with van der Waals surface area (Å²) >= 11 is 0. The van der Waals surface area contributed by atoms with Gasteiger partial charge in [-0.1, -0.05) is 34.1 Å². The van der Waals surface area contributed by atoms with Crippen LogP contribution in [-0.2, 0) is 14.2 Å². The third-order valence-corrected chi connectivity index (χ3v) is 3.15. The van der Waals surface area contributed by atoms with E-state index in [4.69, 9.17) is 14.2 Å². The molecule has 0 aromatic heterocycles. The van der Waals surface area contributed by atoms with Crippen molar-refractivity contribution in [3.8, 4) is 0 Å². The van der Waals surface area contributed by atoms with Crippen molar-refractivity contribution in [1.82, 2.24) is 5.32 Å². The molecule has 1 aliphatic heterocycles.